The lowest BCUT2D eigenvalue weighted by molar-refractivity contribution is -0.142. The number of carboxylic acids is 1. The Morgan fingerprint density at radius 1 is 1.27 bits per heavy atom. The monoisotopic (exact) mass is 456 g/mol. The molecule has 1 aromatic rings. The summed E-state index contributed by atoms with van der Waals surface area (Å²) < 4.78 is 0. The SMILES string of the molecule is CCC(CC)C(=O)N[C@@H](CCN1C2CCC1C(CCc1ccc3c(n1)NCCC3)C2)C(=O)O. The Morgan fingerprint density at radius 2 is 2.09 bits per heavy atom. The molecule has 7 heteroatoms. The average Bonchev–Trinajstić information content (AvgIpc) is 3.37. The van der Waals surface area contributed by atoms with Crippen molar-refractivity contribution in [3.05, 3.63) is 23.4 Å². The van der Waals surface area contributed by atoms with Crippen molar-refractivity contribution in [2.45, 2.75) is 96.2 Å². The lowest BCUT2D eigenvalue weighted by atomic mass is 9.85. The molecular weight excluding hydrogens is 416 g/mol. The number of aryl methyl sites for hydroxylation is 2. The highest BCUT2D eigenvalue weighted by Crippen LogP contribution is 2.43. The summed E-state index contributed by atoms with van der Waals surface area (Å²) in [7, 11) is 0. The predicted octanol–water partition coefficient (Wildman–Crippen LogP) is 3.62. The molecule has 4 rings (SSSR count). The number of nitrogens with zero attached hydrogens (tertiary/aromatic N) is 2. The molecule has 2 bridgehead atoms. The van der Waals surface area contributed by atoms with E-state index in [1.807, 2.05) is 13.8 Å². The van der Waals surface area contributed by atoms with Gasteiger partial charge in [0.25, 0.3) is 0 Å². The maximum Gasteiger partial charge on any atom is 0.326 e. The molecule has 0 spiro atoms. The minimum absolute atomic E-state index is 0.105. The number of aliphatic carboxylic acids is 1. The first-order valence-electron chi connectivity index (χ1n) is 13.0. The smallest absolute Gasteiger partial charge is 0.326 e. The normalized spacial score (nSPS) is 25.0. The first-order chi connectivity index (χ1) is 16.0. The van der Waals surface area contributed by atoms with Crippen LogP contribution >= 0.6 is 0 Å². The number of pyridine rings is 1. The van der Waals surface area contributed by atoms with Crippen molar-refractivity contribution in [2.75, 3.05) is 18.4 Å². The molecule has 7 nitrogen and oxygen atoms in total. The van der Waals surface area contributed by atoms with Crippen molar-refractivity contribution in [1.82, 2.24) is 15.2 Å². The number of hydrogen-bond donors (Lipinski definition) is 3. The van der Waals surface area contributed by atoms with Crippen LogP contribution in [0.3, 0.4) is 0 Å². The van der Waals surface area contributed by atoms with Gasteiger partial charge in [-0.05, 0) is 81.8 Å². The van der Waals surface area contributed by atoms with E-state index in [0.29, 0.717) is 24.4 Å². The van der Waals surface area contributed by atoms with Crippen LogP contribution in [0.4, 0.5) is 5.82 Å². The van der Waals surface area contributed by atoms with Crippen molar-refractivity contribution in [3.63, 3.8) is 0 Å². The van der Waals surface area contributed by atoms with Gasteiger partial charge in [-0.15, -0.1) is 0 Å². The Bertz CT molecular complexity index is 841. The minimum Gasteiger partial charge on any atom is -0.480 e. The summed E-state index contributed by atoms with van der Waals surface area (Å²) in [6, 6.07) is 4.72. The van der Waals surface area contributed by atoms with Gasteiger partial charge in [-0.2, -0.15) is 0 Å². The molecule has 4 heterocycles. The summed E-state index contributed by atoms with van der Waals surface area (Å²) in [6.07, 6.45) is 9.99. The van der Waals surface area contributed by atoms with E-state index >= 15 is 0 Å². The summed E-state index contributed by atoms with van der Waals surface area (Å²) in [5.74, 6) is 0.568. The van der Waals surface area contributed by atoms with E-state index in [1.165, 1.54) is 36.9 Å². The largest absolute Gasteiger partial charge is 0.480 e. The molecule has 3 aliphatic heterocycles. The van der Waals surface area contributed by atoms with Crippen molar-refractivity contribution in [3.8, 4) is 0 Å². The summed E-state index contributed by atoms with van der Waals surface area (Å²) in [5, 5.41) is 15.9. The quantitative estimate of drug-likeness (QED) is 0.471. The summed E-state index contributed by atoms with van der Waals surface area (Å²) >= 11 is 0. The summed E-state index contributed by atoms with van der Waals surface area (Å²) in [4.78, 5) is 31.6. The second-order valence-corrected chi connectivity index (χ2v) is 10.1. The molecular formula is C26H40N4O3. The van der Waals surface area contributed by atoms with Gasteiger partial charge in [-0.3, -0.25) is 9.69 Å². The predicted molar refractivity (Wildman–Crippen MR) is 129 cm³/mol. The van der Waals surface area contributed by atoms with Crippen LogP contribution in [-0.4, -0.2) is 58.1 Å². The van der Waals surface area contributed by atoms with Gasteiger partial charge in [0.1, 0.15) is 11.9 Å². The van der Waals surface area contributed by atoms with Gasteiger partial charge in [-0.1, -0.05) is 19.9 Å². The van der Waals surface area contributed by atoms with E-state index in [9.17, 15) is 14.7 Å². The van der Waals surface area contributed by atoms with Crippen molar-refractivity contribution < 1.29 is 14.7 Å². The first kappa shape index (κ1) is 24.0. The number of carboxylic acid groups (broad SMARTS) is 1. The third-order valence-electron chi connectivity index (χ3n) is 8.18. The zero-order valence-corrected chi connectivity index (χ0v) is 20.2. The Morgan fingerprint density at radius 3 is 2.85 bits per heavy atom. The fraction of sp³-hybridized carbons (Fsp3) is 0.731. The fourth-order valence-corrected chi connectivity index (χ4v) is 6.22. The van der Waals surface area contributed by atoms with Gasteiger partial charge in [0.05, 0.1) is 0 Å². The molecule has 0 aromatic carbocycles. The standard InChI is InChI=1S/C26H40N4O3/c1-3-17(4-2)25(31)29-22(26(32)33)13-15-30-21-11-12-23(30)19(16-21)8-10-20-9-7-18-6-5-14-27-24(18)28-20/h7,9,17,19,21-23H,3-6,8,10-16H2,1-2H3,(H,27,28)(H,29,31)(H,32,33)/t19?,21?,22-,23?/m0/s1. The molecule has 3 aliphatic rings. The summed E-state index contributed by atoms with van der Waals surface area (Å²) in [6.45, 7) is 5.71. The van der Waals surface area contributed by atoms with E-state index in [4.69, 9.17) is 4.98 Å². The summed E-state index contributed by atoms with van der Waals surface area (Å²) in [5.41, 5.74) is 2.51. The van der Waals surface area contributed by atoms with E-state index in [1.54, 1.807) is 0 Å². The fourth-order valence-electron chi connectivity index (χ4n) is 6.22. The van der Waals surface area contributed by atoms with Crippen LogP contribution in [0.1, 0.15) is 76.5 Å². The van der Waals surface area contributed by atoms with E-state index in [2.05, 4.69) is 27.7 Å². The van der Waals surface area contributed by atoms with Crippen LogP contribution in [0.5, 0.6) is 0 Å². The number of fused-ring (bicyclic) bond motifs is 3. The van der Waals surface area contributed by atoms with Crippen LogP contribution in [0.15, 0.2) is 12.1 Å². The highest BCUT2D eigenvalue weighted by atomic mass is 16.4. The molecule has 0 saturated carbocycles. The lowest BCUT2D eigenvalue weighted by Crippen LogP contribution is -2.45. The van der Waals surface area contributed by atoms with Gasteiger partial charge in [0, 0.05) is 36.8 Å². The lowest BCUT2D eigenvalue weighted by Gasteiger charge is -2.26. The van der Waals surface area contributed by atoms with E-state index < -0.39 is 12.0 Å². The molecule has 182 valence electrons. The van der Waals surface area contributed by atoms with Crippen LogP contribution in [0.2, 0.25) is 0 Å². The Hall–Kier alpha value is -2.15. The average molecular weight is 457 g/mol. The molecule has 1 amide bonds. The topological polar surface area (TPSA) is 94.6 Å². The number of hydrogen-bond acceptors (Lipinski definition) is 5. The maximum atomic E-state index is 12.4. The maximum absolute atomic E-state index is 12.4. The van der Waals surface area contributed by atoms with Crippen molar-refractivity contribution in [2.24, 2.45) is 11.8 Å². The van der Waals surface area contributed by atoms with Crippen molar-refractivity contribution >= 4 is 17.7 Å². The Kier molecular flexibility index (Phi) is 7.89. The molecule has 2 fully saturated rings. The van der Waals surface area contributed by atoms with Crippen LogP contribution < -0.4 is 10.6 Å². The third-order valence-corrected chi connectivity index (χ3v) is 8.18. The second-order valence-electron chi connectivity index (χ2n) is 10.1. The van der Waals surface area contributed by atoms with Crippen molar-refractivity contribution in [1.29, 1.82) is 0 Å². The molecule has 4 atom stereocenters. The molecule has 2 saturated heterocycles. The number of carbonyl (C=O) groups excluding carboxylic acids is 1. The molecule has 1 aromatic heterocycles. The Labute approximate surface area is 197 Å². The van der Waals surface area contributed by atoms with Gasteiger partial charge in [0.15, 0.2) is 0 Å². The molecule has 33 heavy (non-hydrogen) atoms. The zero-order chi connectivity index (χ0) is 23.4. The second kappa shape index (κ2) is 10.9. The number of amides is 1. The van der Waals surface area contributed by atoms with Crippen LogP contribution in [-0.2, 0) is 22.4 Å². The van der Waals surface area contributed by atoms with Crippen LogP contribution in [0.25, 0.3) is 0 Å². The minimum atomic E-state index is -0.926. The molecule has 0 radical (unpaired) electrons. The number of carbonyl (C=O) groups is 2. The van der Waals surface area contributed by atoms with E-state index in [0.717, 1.165) is 51.0 Å². The Balaban J connectivity index is 1.29. The number of anilines is 1. The zero-order valence-electron chi connectivity index (χ0n) is 20.2. The third kappa shape index (κ3) is 5.51. The number of nitrogens with one attached hydrogen (secondary N) is 2. The molecule has 3 N–H and O–H groups in total. The van der Waals surface area contributed by atoms with Gasteiger partial charge >= 0.3 is 5.97 Å². The highest BCUT2D eigenvalue weighted by Gasteiger charge is 2.45. The molecule has 0 aliphatic carbocycles. The van der Waals surface area contributed by atoms with Crippen LogP contribution in [0, 0.1) is 11.8 Å². The van der Waals surface area contributed by atoms with Gasteiger partial charge < -0.3 is 15.7 Å². The van der Waals surface area contributed by atoms with Gasteiger partial charge in [-0.25, -0.2) is 9.78 Å². The number of aromatic nitrogens is 1. The molecule has 3 unspecified atom stereocenters. The first-order valence-corrected chi connectivity index (χ1v) is 13.0. The highest BCUT2D eigenvalue weighted by molar-refractivity contribution is 5.84. The number of rotatable bonds is 11. The van der Waals surface area contributed by atoms with Gasteiger partial charge in [0.2, 0.25) is 5.91 Å². The van der Waals surface area contributed by atoms with E-state index in [-0.39, 0.29) is 11.8 Å².